The number of hydrazone groups is 1. The van der Waals surface area contributed by atoms with Gasteiger partial charge in [-0.2, -0.15) is 5.10 Å². The first kappa shape index (κ1) is 20.3. The SMILES string of the molecule is COc1ccc(-c2nnc(C(C)OC(=O)C3=NN(c4ccccc4)C(=O)CC3)o2)cc1. The van der Waals surface area contributed by atoms with Gasteiger partial charge in [0.1, 0.15) is 11.5 Å². The van der Waals surface area contributed by atoms with E-state index in [-0.39, 0.29) is 30.4 Å². The van der Waals surface area contributed by atoms with E-state index in [4.69, 9.17) is 13.9 Å². The first-order valence-corrected chi connectivity index (χ1v) is 9.69. The quantitative estimate of drug-likeness (QED) is 0.561. The molecule has 1 atom stereocenters. The Bertz CT molecular complexity index is 1110. The third-order valence-corrected chi connectivity index (χ3v) is 4.68. The van der Waals surface area contributed by atoms with Crippen molar-refractivity contribution in [2.45, 2.75) is 25.9 Å². The summed E-state index contributed by atoms with van der Waals surface area (Å²) in [5.74, 6) is 0.354. The number of hydrogen-bond acceptors (Lipinski definition) is 8. The lowest BCUT2D eigenvalue weighted by Crippen LogP contribution is -2.35. The van der Waals surface area contributed by atoms with Crippen molar-refractivity contribution in [3.05, 3.63) is 60.5 Å². The second-order valence-corrected chi connectivity index (χ2v) is 6.81. The molecule has 31 heavy (non-hydrogen) atoms. The fourth-order valence-electron chi connectivity index (χ4n) is 3.00. The topological polar surface area (TPSA) is 107 Å². The number of benzene rings is 2. The van der Waals surface area contributed by atoms with Gasteiger partial charge in [0.15, 0.2) is 6.10 Å². The number of carbonyl (C=O) groups excluding carboxylic acids is 2. The summed E-state index contributed by atoms with van der Waals surface area (Å²) in [4.78, 5) is 24.8. The smallest absolute Gasteiger partial charge is 0.355 e. The molecule has 9 nitrogen and oxygen atoms in total. The molecule has 0 aliphatic carbocycles. The number of nitrogens with zero attached hydrogens (tertiary/aromatic N) is 4. The summed E-state index contributed by atoms with van der Waals surface area (Å²) in [5, 5.41) is 13.4. The molecule has 1 amide bonds. The molecule has 0 saturated heterocycles. The molecule has 4 rings (SSSR count). The molecule has 0 spiro atoms. The molecular formula is C22H20N4O5. The van der Waals surface area contributed by atoms with Gasteiger partial charge in [0.05, 0.1) is 12.8 Å². The lowest BCUT2D eigenvalue weighted by molar-refractivity contribution is -0.141. The number of ether oxygens (including phenoxy) is 2. The van der Waals surface area contributed by atoms with Gasteiger partial charge in [0, 0.05) is 18.4 Å². The van der Waals surface area contributed by atoms with Crippen LogP contribution in [0.2, 0.25) is 0 Å². The number of hydrogen-bond donors (Lipinski definition) is 0. The van der Waals surface area contributed by atoms with Gasteiger partial charge >= 0.3 is 5.97 Å². The van der Waals surface area contributed by atoms with Crippen LogP contribution in [-0.4, -0.2) is 34.9 Å². The van der Waals surface area contributed by atoms with Crippen molar-refractivity contribution < 1.29 is 23.5 Å². The van der Waals surface area contributed by atoms with Crippen LogP contribution < -0.4 is 9.75 Å². The van der Waals surface area contributed by atoms with Crippen molar-refractivity contribution in [1.29, 1.82) is 0 Å². The number of amides is 1. The molecule has 2 heterocycles. The van der Waals surface area contributed by atoms with Crippen molar-refractivity contribution in [3.63, 3.8) is 0 Å². The van der Waals surface area contributed by atoms with E-state index in [0.29, 0.717) is 22.9 Å². The van der Waals surface area contributed by atoms with E-state index in [0.717, 1.165) is 0 Å². The second kappa shape index (κ2) is 8.78. The number of rotatable bonds is 6. The first-order chi connectivity index (χ1) is 15.0. The molecule has 1 aliphatic rings. The van der Waals surface area contributed by atoms with Crippen LogP contribution in [0.4, 0.5) is 5.69 Å². The Labute approximate surface area is 178 Å². The van der Waals surface area contributed by atoms with Crippen molar-refractivity contribution in [2.24, 2.45) is 5.10 Å². The molecule has 0 radical (unpaired) electrons. The Morgan fingerprint density at radius 3 is 2.52 bits per heavy atom. The van der Waals surface area contributed by atoms with Gasteiger partial charge in [-0.15, -0.1) is 10.2 Å². The number of aromatic nitrogens is 2. The highest BCUT2D eigenvalue weighted by atomic mass is 16.6. The van der Waals surface area contributed by atoms with E-state index in [1.807, 2.05) is 6.07 Å². The highest BCUT2D eigenvalue weighted by Crippen LogP contribution is 2.25. The van der Waals surface area contributed by atoms with Crippen LogP contribution in [0.25, 0.3) is 11.5 Å². The Morgan fingerprint density at radius 1 is 1.06 bits per heavy atom. The normalized spacial score (nSPS) is 14.7. The fraction of sp³-hybridized carbons (Fsp3) is 0.227. The molecule has 158 valence electrons. The van der Waals surface area contributed by atoms with Crippen molar-refractivity contribution in [3.8, 4) is 17.2 Å². The molecule has 0 saturated carbocycles. The highest BCUT2D eigenvalue weighted by Gasteiger charge is 2.28. The van der Waals surface area contributed by atoms with Crippen LogP contribution in [0, 0.1) is 0 Å². The van der Waals surface area contributed by atoms with E-state index in [1.165, 1.54) is 5.01 Å². The van der Waals surface area contributed by atoms with Crippen LogP contribution in [0.15, 0.2) is 64.1 Å². The van der Waals surface area contributed by atoms with Crippen LogP contribution in [-0.2, 0) is 14.3 Å². The third-order valence-electron chi connectivity index (χ3n) is 4.68. The van der Waals surface area contributed by atoms with Gasteiger partial charge in [0.2, 0.25) is 11.8 Å². The van der Waals surface area contributed by atoms with E-state index in [2.05, 4.69) is 15.3 Å². The van der Waals surface area contributed by atoms with Crippen LogP contribution in [0.3, 0.4) is 0 Å². The zero-order valence-electron chi connectivity index (χ0n) is 17.0. The van der Waals surface area contributed by atoms with E-state index >= 15 is 0 Å². The van der Waals surface area contributed by atoms with Gasteiger partial charge in [-0.25, -0.2) is 9.80 Å². The van der Waals surface area contributed by atoms with Crippen LogP contribution in [0.5, 0.6) is 5.75 Å². The van der Waals surface area contributed by atoms with Crippen molar-refractivity contribution >= 4 is 23.3 Å². The average Bonchev–Trinajstić information content (AvgIpc) is 3.30. The third kappa shape index (κ3) is 4.45. The molecular weight excluding hydrogens is 400 g/mol. The summed E-state index contributed by atoms with van der Waals surface area (Å²) in [6, 6.07) is 16.1. The van der Waals surface area contributed by atoms with Gasteiger partial charge in [-0.05, 0) is 43.3 Å². The minimum Gasteiger partial charge on any atom is -0.497 e. The van der Waals surface area contributed by atoms with E-state index in [9.17, 15) is 9.59 Å². The van der Waals surface area contributed by atoms with Gasteiger partial charge in [-0.3, -0.25) is 4.79 Å². The lowest BCUT2D eigenvalue weighted by atomic mass is 10.1. The maximum absolute atomic E-state index is 12.6. The summed E-state index contributed by atoms with van der Waals surface area (Å²) >= 11 is 0. The first-order valence-electron chi connectivity index (χ1n) is 9.69. The van der Waals surface area contributed by atoms with Crippen LogP contribution in [0.1, 0.15) is 31.8 Å². The minimum absolute atomic E-state index is 0.158. The Morgan fingerprint density at radius 2 is 1.81 bits per heavy atom. The van der Waals surface area contributed by atoms with Crippen LogP contribution >= 0.6 is 0 Å². The van der Waals surface area contributed by atoms with Gasteiger partial charge in [-0.1, -0.05) is 18.2 Å². The predicted molar refractivity (Wildman–Crippen MR) is 111 cm³/mol. The summed E-state index contributed by atoms with van der Waals surface area (Å²) in [5.41, 5.74) is 1.46. The summed E-state index contributed by atoms with van der Waals surface area (Å²) in [6.45, 7) is 1.63. The lowest BCUT2D eigenvalue weighted by Gasteiger charge is -2.23. The number of methoxy groups -OCH3 is 1. The maximum atomic E-state index is 12.6. The van der Waals surface area contributed by atoms with Crippen molar-refractivity contribution in [2.75, 3.05) is 12.1 Å². The molecule has 1 aliphatic heterocycles. The molecule has 9 heteroatoms. The predicted octanol–water partition coefficient (Wildman–Crippen LogP) is 3.53. The van der Waals surface area contributed by atoms with Crippen molar-refractivity contribution in [1.82, 2.24) is 10.2 Å². The molecule has 0 bridgehead atoms. The largest absolute Gasteiger partial charge is 0.497 e. The molecule has 1 aromatic heterocycles. The van der Waals surface area contributed by atoms with E-state index < -0.39 is 12.1 Å². The van der Waals surface area contributed by atoms with E-state index in [1.54, 1.807) is 62.6 Å². The highest BCUT2D eigenvalue weighted by molar-refractivity contribution is 6.38. The number of anilines is 1. The zero-order chi connectivity index (χ0) is 21.8. The molecule has 3 aromatic rings. The molecule has 0 N–H and O–H groups in total. The number of carbonyl (C=O) groups is 2. The number of para-hydroxylation sites is 1. The fourth-order valence-corrected chi connectivity index (χ4v) is 3.00. The monoisotopic (exact) mass is 420 g/mol. The molecule has 0 fully saturated rings. The Kier molecular flexibility index (Phi) is 5.74. The summed E-state index contributed by atoms with van der Waals surface area (Å²) in [6.07, 6.45) is -0.411. The zero-order valence-corrected chi connectivity index (χ0v) is 17.0. The maximum Gasteiger partial charge on any atom is 0.355 e. The second-order valence-electron chi connectivity index (χ2n) is 6.81. The number of esters is 1. The minimum atomic E-state index is -0.780. The molecule has 1 unspecified atom stereocenters. The Hall–Kier alpha value is -4.01. The average molecular weight is 420 g/mol. The molecule has 2 aromatic carbocycles. The standard InChI is InChI=1S/C22H20N4O5/c1-14(20-23-24-21(31-20)15-8-10-17(29-2)11-9-15)30-22(28)18-12-13-19(27)26(25-18)16-6-4-3-5-7-16/h3-11,14H,12-13H2,1-2H3. The Balaban J connectivity index is 1.46. The van der Waals surface area contributed by atoms with Gasteiger partial charge < -0.3 is 13.9 Å². The summed E-state index contributed by atoms with van der Waals surface area (Å²) < 4.78 is 16.2. The van der Waals surface area contributed by atoms with Gasteiger partial charge in [0.25, 0.3) is 5.89 Å². The summed E-state index contributed by atoms with van der Waals surface area (Å²) in [7, 11) is 1.58.